The quantitative estimate of drug-likeness (QED) is 0.290. The second-order valence-corrected chi connectivity index (χ2v) is 1.85. The smallest absolute Gasteiger partial charge is 0.152 e. The van der Waals surface area contributed by atoms with Crippen molar-refractivity contribution in [2.75, 3.05) is 6.54 Å². The predicted octanol–water partition coefficient (Wildman–Crippen LogP) is -1.90. The van der Waals surface area contributed by atoms with Gasteiger partial charge < -0.3 is 10.2 Å². The number of aliphatic hydroxyl groups is 2. The minimum absolute atomic E-state index is 0.0301. The molecular weight excluding hydrogens is 124 g/mol. The van der Waals surface area contributed by atoms with Gasteiger partial charge in [0, 0.05) is 0 Å². The zero-order chi connectivity index (χ0) is 6.85. The summed E-state index contributed by atoms with van der Waals surface area (Å²) in [6.45, 7) is 0.143. The topological polar surface area (TPSA) is 85.1 Å². The van der Waals surface area contributed by atoms with E-state index in [1.54, 1.807) is 5.48 Å². The normalized spacial score (nSPS) is 34.3. The van der Waals surface area contributed by atoms with Gasteiger partial charge in [-0.05, 0) is 0 Å². The lowest BCUT2D eigenvalue weighted by atomic mass is 10.2. The molecule has 4 N–H and O–H groups in total. The minimum Gasteiger partial charge on any atom is -0.388 e. The summed E-state index contributed by atoms with van der Waals surface area (Å²) in [4.78, 5) is 3.57. The molecule has 52 valence electrons. The van der Waals surface area contributed by atoms with Crippen LogP contribution in [0.2, 0.25) is 0 Å². The number of rotatable bonds is 0. The molecule has 0 saturated heterocycles. The lowest BCUT2D eigenvalue weighted by Crippen LogP contribution is -2.36. The zero-order valence-electron chi connectivity index (χ0n) is 4.65. The molecular formula is C4H8N2O3. The summed E-state index contributed by atoms with van der Waals surface area (Å²) >= 11 is 0. The second-order valence-electron chi connectivity index (χ2n) is 1.85. The molecule has 0 aromatic heterocycles. The standard InChI is InChI=1S/C4H8N2O3/c7-2-1-5-4(6-9)3(2)8/h2-3,7-9H,1H2,(H,5,6)/t2-,3+/m0/s1. The van der Waals surface area contributed by atoms with E-state index in [1.165, 1.54) is 0 Å². The van der Waals surface area contributed by atoms with Crippen LogP contribution in [0, 0.1) is 0 Å². The van der Waals surface area contributed by atoms with Gasteiger partial charge in [0.15, 0.2) is 5.84 Å². The molecule has 0 aromatic rings. The molecule has 5 nitrogen and oxygen atoms in total. The highest BCUT2D eigenvalue weighted by atomic mass is 16.5. The van der Waals surface area contributed by atoms with E-state index in [4.69, 9.17) is 15.4 Å². The summed E-state index contributed by atoms with van der Waals surface area (Å²) in [5.74, 6) is 0.0301. The van der Waals surface area contributed by atoms with Gasteiger partial charge in [-0.2, -0.15) is 0 Å². The average molecular weight is 132 g/mol. The summed E-state index contributed by atoms with van der Waals surface area (Å²) in [5, 5.41) is 25.8. The Labute approximate surface area is 51.6 Å². The number of aliphatic imine (C=N–C) groups is 1. The molecule has 1 aliphatic rings. The van der Waals surface area contributed by atoms with E-state index in [1.807, 2.05) is 0 Å². The van der Waals surface area contributed by atoms with Crippen molar-refractivity contribution in [3.63, 3.8) is 0 Å². The van der Waals surface area contributed by atoms with E-state index in [2.05, 4.69) is 4.99 Å². The maximum Gasteiger partial charge on any atom is 0.152 e. The Morgan fingerprint density at radius 2 is 2.22 bits per heavy atom. The highest BCUT2D eigenvalue weighted by Crippen LogP contribution is 2.03. The zero-order valence-corrected chi connectivity index (χ0v) is 4.65. The van der Waals surface area contributed by atoms with Crippen molar-refractivity contribution in [1.29, 1.82) is 0 Å². The van der Waals surface area contributed by atoms with Gasteiger partial charge in [-0.15, -0.1) is 0 Å². The number of nitrogens with zero attached hydrogens (tertiary/aromatic N) is 1. The van der Waals surface area contributed by atoms with Crippen molar-refractivity contribution in [3.05, 3.63) is 0 Å². The molecule has 1 rings (SSSR count). The molecule has 0 spiro atoms. The van der Waals surface area contributed by atoms with Crippen LogP contribution in [-0.4, -0.2) is 40.0 Å². The molecule has 5 heteroatoms. The molecule has 0 fully saturated rings. The molecule has 1 heterocycles. The molecule has 9 heavy (non-hydrogen) atoms. The molecule has 1 aliphatic heterocycles. The Morgan fingerprint density at radius 3 is 2.44 bits per heavy atom. The van der Waals surface area contributed by atoms with Crippen LogP contribution < -0.4 is 5.48 Å². The fraction of sp³-hybridized carbons (Fsp3) is 0.750. The number of aliphatic hydroxyl groups excluding tert-OH is 2. The summed E-state index contributed by atoms with van der Waals surface area (Å²) in [6.07, 6.45) is -1.94. The van der Waals surface area contributed by atoms with Gasteiger partial charge in [0.1, 0.15) is 12.2 Å². The van der Waals surface area contributed by atoms with E-state index in [9.17, 15) is 0 Å². The fourth-order valence-electron chi connectivity index (χ4n) is 0.669. The Hall–Kier alpha value is -0.650. The van der Waals surface area contributed by atoms with Crippen LogP contribution in [0.3, 0.4) is 0 Å². The third-order valence-electron chi connectivity index (χ3n) is 1.21. The maximum absolute atomic E-state index is 8.85. The minimum atomic E-state index is -1.06. The van der Waals surface area contributed by atoms with Crippen molar-refractivity contribution < 1.29 is 15.4 Å². The predicted molar refractivity (Wildman–Crippen MR) is 29.2 cm³/mol. The van der Waals surface area contributed by atoms with Gasteiger partial charge in [0.25, 0.3) is 0 Å². The Balaban J connectivity index is 2.55. The summed E-state index contributed by atoms with van der Waals surface area (Å²) < 4.78 is 0. The maximum atomic E-state index is 8.85. The molecule has 0 unspecified atom stereocenters. The lowest BCUT2D eigenvalue weighted by Gasteiger charge is -2.07. The van der Waals surface area contributed by atoms with Crippen molar-refractivity contribution in [2.45, 2.75) is 12.2 Å². The van der Waals surface area contributed by atoms with Crippen molar-refractivity contribution >= 4 is 5.84 Å². The molecule has 0 aliphatic carbocycles. The first-order chi connectivity index (χ1) is 4.25. The SMILES string of the molecule is ONC1=NC[C@H](O)[C@H]1O. The third-order valence-corrected chi connectivity index (χ3v) is 1.21. The van der Waals surface area contributed by atoms with Crippen molar-refractivity contribution in [1.82, 2.24) is 5.48 Å². The van der Waals surface area contributed by atoms with E-state index in [-0.39, 0.29) is 12.4 Å². The lowest BCUT2D eigenvalue weighted by molar-refractivity contribution is 0.0703. The second kappa shape index (κ2) is 2.30. The summed E-state index contributed by atoms with van der Waals surface area (Å²) in [5.41, 5.74) is 1.68. The van der Waals surface area contributed by atoms with Gasteiger partial charge in [0.05, 0.1) is 6.54 Å². The number of hydrogen-bond donors (Lipinski definition) is 4. The van der Waals surface area contributed by atoms with Crippen LogP contribution >= 0.6 is 0 Å². The first-order valence-electron chi connectivity index (χ1n) is 2.56. The van der Waals surface area contributed by atoms with Crippen LogP contribution in [0.15, 0.2) is 4.99 Å². The van der Waals surface area contributed by atoms with Gasteiger partial charge in [-0.3, -0.25) is 15.7 Å². The molecule has 0 amide bonds. The van der Waals surface area contributed by atoms with E-state index in [0.29, 0.717) is 0 Å². The van der Waals surface area contributed by atoms with Crippen molar-refractivity contribution in [2.24, 2.45) is 4.99 Å². The van der Waals surface area contributed by atoms with Crippen LogP contribution in [0.25, 0.3) is 0 Å². The molecule has 0 aromatic carbocycles. The number of hydrogen-bond acceptors (Lipinski definition) is 5. The molecule has 0 bridgehead atoms. The molecule has 0 radical (unpaired) electrons. The van der Waals surface area contributed by atoms with E-state index < -0.39 is 12.2 Å². The Kier molecular flexibility index (Phi) is 1.65. The first-order valence-corrected chi connectivity index (χ1v) is 2.56. The Morgan fingerprint density at radius 1 is 1.56 bits per heavy atom. The van der Waals surface area contributed by atoms with Gasteiger partial charge in [-0.1, -0.05) is 0 Å². The highest BCUT2D eigenvalue weighted by molar-refractivity contribution is 5.87. The van der Waals surface area contributed by atoms with Crippen LogP contribution in [0.5, 0.6) is 0 Å². The van der Waals surface area contributed by atoms with Gasteiger partial charge in [0.2, 0.25) is 0 Å². The number of nitrogens with one attached hydrogen (secondary N) is 1. The van der Waals surface area contributed by atoms with Crippen LogP contribution in [-0.2, 0) is 0 Å². The fourth-order valence-corrected chi connectivity index (χ4v) is 0.669. The van der Waals surface area contributed by atoms with Crippen LogP contribution in [0.4, 0.5) is 0 Å². The third kappa shape index (κ3) is 1.02. The van der Waals surface area contributed by atoms with Crippen molar-refractivity contribution in [3.8, 4) is 0 Å². The monoisotopic (exact) mass is 132 g/mol. The Bertz CT molecular complexity index is 136. The molecule has 0 saturated carbocycles. The van der Waals surface area contributed by atoms with Crippen LogP contribution in [0.1, 0.15) is 0 Å². The first kappa shape index (κ1) is 6.47. The average Bonchev–Trinajstić information content (AvgIpc) is 2.15. The van der Waals surface area contributed by atoms with E-state index in [0.717, 1.165) is 0 Å². The van der Waals surface area contributed by atoms with Gasteiger partial charge in [-0.25, -0.2) is 0 Å². The summed E-state index contributed by atoms with van der Waals surface area (Å²) in [7, 11) is 0. The highest BCUT2D eigenvalue weighted by Gasteiger charge is 2.27. The van der Waals surface area contributed by atoms with Gasteiger partial charge >= 0.3 is 0 Å². The van der Waals surface area contributed by atoms with E-state index >= 15 is 0 Å². The number of hydroxylamine groups is 1. The summed E-state index contributed by atoms with van der Waals surface area (Å²) in [6, 6.07) is 0. The molecule has 2 atom stereocenters. The number of amidine groups is 1. The largest absolute Gasteiger partial charge is 0.388 e.